The lowest BCUT2D eigenvalue weighted by atomic mass is 10.1. The summed E-state index contributed by atoms with van der Waals surface area (Å²) in [4.78, 5) is 0. The minimum absolute atomic E-state index is 0.0807. The van der Waals surface area contributed by atoms with Crippen LogP contribution >= 0.6 is 0 Å². The van der Waals surface area contributed by atoms with Gasteiger partial charge in [0.15, 0.2) is 11.6 Å². The molecule has 0 atom stereocenters. The molecule has 3 nitrogen and oxygen atoms in total. The van der Waals surface area contributed by atoms with Gasteiger partial charge in [0.1, 0.15) is 5.75 Å². The normalized spacial score (nSPS) is 16.0. The molecular formula is C13H16F3NO2. The Balaban J connectivity index is 2.05. The molecule has 1 aromatic rings. The molecule has 0 radical (unpaired) electrons. The van der Waals surface area contributed by atoms with E-state index in [1.807, 2.05) is 0 Å². The lowest BCUT2D eigenvalue weighted by Gasteiger charge is -2.14. The summed E-state index contributed by atoms with van der Waals surface area (Å²) in [5, 5.41) is 0. The number of alkyl halides is 2. The molecule has 106 valence electrons. The van der Waals surface area contributed by atoms with Crippen molar-refractivity contribution in [1.29, 1.82) is 0 Å². The van der Waals surface area contributed by atoms with E-state index in [2.05, 4.69) is 4.74 Å². The third kappa shape index (κ3) is 3.68. The van der Waals surface area contributed by atoms with Gasteiger partial charge in [-0.3, -0.25) is 0 Å². The molecule has 1 fully saturated rings. The highest BCUT2D eigenvalue weighted by Crippen LogP contribution is 2.32. The van der Waals surface area contributed by atoms with Gasteiger partial charge in [0, 0.05) is 12.1 Å². The molecular weight excluding hydrogens is 259 g/mol. The first kappa shape index (κ1) is 13.8. The molecule has 1 aliphatic carbocycles. The number of halogens is 3. The minimum Gasteiger partial charge on any atom is -0.491 e. The molecule has 2 rings (SSSR count). The average Bonchev–Trinajstić information content (AvgIpc) is 2.83. The molecule has 0 bridgehead atoms. The van der Waals surface area contributed by atoms with Gasteiger partial charge < -0.3 is 15.2 Å². The summed E-state index contributed by atoms with van der Waals surface area (Å²) < 4.78 is 47.1. The van der Waals surface area contributed by atoms with Crippen molar-refractivity contribution in [3.8, 4) is 11.5 Å². The van der Waals surface area contributed by atoms with E-state index in [0.29, 0.717) is 12.5 Å². The lowest BCUT2D eigenvalue weighted by Crippen LogP contribution is -2.10. The standard InChI is InChI=1S/C13H16F3NO2/c14-9-5-10(17)12(6-11(9)19-13(15)16)18-7-8-3-1-2-4-8/h5-6,8,13H,1-4,7,17H2. The van der Waals surface area contributed by atoms with Crippen molar-refractivity contribution in [2.75, 3.05) is 12.3 Å². The van der Waals surface area contributed by atoms with E-state index in [9.17, 15) is 13.2 Å². The molecule has 0 amide bonds. The Morgan fingerprint density at radius 3 is 2.53 bits per heavy atom. The predicted octanol–water partition coefficient (Wildman–Crippen LogP) is 3.58. The van der Waals surface area contributed by atoms with Crippen LogP contribution in [0.1, 0.15) is 25.7 Å². The Labute approximate surface area is 109 Å². The molecule has 1 aliphatic rings. The van der Waals surface area contributed by atoms with Gasteiger partial charge in [-0.1, -0.05) is 12.8 Å². The van der Waals surface area contributed by atoms with E-state index in [0.717, 1.165) is 25.0 Å². The second kappa shape index (κ2) is 6.04. The van der Waals surface area contributed by atoms with Crippen molar-refractivity contribution >= 4 is 5.69 Å². The molecule has 0 saturated heterocycles. The third-order valence-corrected chi connectivity index (χ3v) is 3.23. The van der Waals surface area contributed by atoms with Crippen LogP contribution in [0, 0.1) is 11.7 Å². The summed E-state index contributed by atoms with van der Waals surface area (Å²) in [6, 6.07) is 2.01. The quantitative estimate of drug-likeness (QED) is 0.835. The van der Waals surface area contributed by atoms with Crippen molar-refractivity contribution in [3.63, 3.8) is 0 Å². The van der Waals surface area contributed by atoms with E-state index in [1.54, 1.807) is 0 Å². The van der Waals surface area contributed by atoms with Crippen LogP contribution in [0.2, 0.25) is 0 Å². The van der Waals surface area contributed by atoms with E-state index in [-0.39, 0.29) is 11.4 Å². The number of nitrogens with two attached hydrogens (primary N) is 1. The van der Waals surface area contributed by atoms with E-state index in [4.69, 9.17) is 10.5 Å². The Morgan fingerprint density at radius 2 is 1.89 bits per heavy atom. The van der Waals surface area contributed by atoms with E-state index >= 15 is 0 Å². The first-order valence-electron chi connectivity index (χ1n) is 6.23. The van der Waals surface area contributed by atoms with Gasteiger partial charge in [0.25, 0.3) is 0 Å². The zero-order chi connectivity index (χ0) is 13.8. The summed E-state index contributed by atoms with van der Waals surface area (Å²) in [6.45, 7) is -2.62. The number of ether oxygens (including phenoxy) is 2. The fourth-order valence-electron chi connectivity index (χ4n) is 2.25. The van der Waals surface area contributed by atoms with Crippen LogP contribution in [0.5, 0.6) is 11.5 Å². The van der Waals surface area contributed by atoms with Crippen LogP contribution in [0.3, 0.4) is 0 Å². The zero-order valence-electron chi connectivity index (χ0n) is 10.4. The van der Waals surface area contributed by atoms with Crippen LogP contribution in [-0.2, 0) is 0 Å². The largest absolute Gasteiger partial charge is 0.491 e. The maximum atomic E-state index is 13.3. The SMILES string of the molecule is Nc1cc(F)c(OC(F)F)cc1OCC1CCCC1. The second-order valence-electron chi connectivity index (χ2n) is 4.66. The van der Waals surface area contributed by atoms with Gasteiger partial charge in [-0.2, -0.15) is 8.78 Å². The van der Waals surface area contributed by atoms with Gasteiger partial charge in [-0.15, -0.1) is 0 Å². The number of hydrogen-bond acceptors (Lipinski definition) is 3. The molecule has 0 aromatic heterocycles. The van der Waals surface area contributed by atoms with E-state index < -0.39 is 18.2 Å². The van der Waals surface area contributed by atoms with Crippen LogP contribution in [0.4, 0.5) is 18.9 Å². The number of anilines is 1. The second-order valence-corrected chi connectivity index (χ2v) is 4.66. The fourth-order valence-corrected chi connectivity index (χ4v) is 2.25. The molecule has 6 heteroatoms. The van der Waals surface area contributed by atoms with Crippen molar-refractivity contribution in [2.45, 2.75) is 32.3 Å². The Hall–Kier alpha value is -1.59. The Bertz CT molecular complexity index is 434. The van der Waals surface area contributed by atoms with Crippen LogP contribution in [0.15, 0.2) is 12.1 Å². The number of hydrogen-bond donors (Lipinski definition) is 1. The summed E-state index contributed by atoms with van der Waals surface area (Å²) in [5.74, 6) is -0.843. The van der Waals surface area contributed by atoms with Gasteiger partial charge in [-0.05, 0) is 18.8 Å². The van der Waals surface area contributed by atoms with Crippen LogP contribution in [-0.4, -0.2) is 13.2 Å². The topological polar surface area (TPSA) is 44.5 Å². The molecule has 1 saturated carbocycles. The van der Waals surface area contributed by atoms with Gasteiger partial charge in [-0.25, -0.2) is 4.39 Å². The number of benzene rings is 1. The molecule has 0 aliphatic heterocycles. The molecule has 0 spiro atoms. The van der Waals surface area contributed by atoms with Crippen molar-refractivity contribution < 1.29 is 22.6 Å². The first-order valence-corrected chi connectivity index (χ1v) is 6.23. The third-order valence-electron chi connectivity index (χ3n) is 3.23. The molecule has 2 N–H and O–H groups in total. The molecule has 19 heavy (non-hydrogen) atoms. The van der Waals surface area contributed by atoms with Gasteiger partial charge in [0.05, 0.1) is 12.3 Å². The maximum Gasteiger partial charge on any atom is 0.387 e. The van der Waals surface area contributed by atoms with Gasteiger partial charge >= 0.3 is 6.61 Å². The highest BCUT2D eigenvalue weighted by molar-refractivity contribution is 5.56. The predicted molar refractivity (Wildman–Crippen MR) is 64.9 cm³/mol. The lowest BCUT2D eigenvalue weighted by molar-refractivity contribution is -0.0522. The Morgan fingerprint density at radius 1 is 1.21 bits per heavy atom. The van der Waals surface area contributed by atoms with Crippen molar-refractivity contribution in [3.05, 3.63) is 17.9 Å². The van der Waals surface area contributed by atoms with Crippen molar-refractivity contribution in [1.82, 2.24) is 0 Å². The number of nitrogen functional groups attached to an aromatic ring is 1. The minimum atomic E-state index is -3.08. The summed E-state index contributed by atoms with van der Waals surface area (Å²) in [5.41, 5.74) is 5.68. The summed E-state index contributed by atoms with van der Waals surface area (Å²) in [7, 11) is 0. The first-order chi connectivity index (χ1) is 9.06. The molecule has 0 unspecified atom stereocenters. The fraction of sp³-hybridized carbons (Fsp3) is 0.538. The van der Waals surface area contributed by atoms with Crippen molar-refractivity contribution in [2.24, 2.45) is 5.92 Å². The average molecular weight is 275 g/mol. The summed E-state index contributed by atoms with van der Waals surface area (Å²) in [6.07, 6.45) is 4.52. The van der Waals surface area contributed by atoms with E-state index in [1.165, 1.54) is 12.8 Å². The van der Waals surface area contributed by atoms with Gasteiger partial charge in [0.2, 0.25) is 0 Å². The Kier molecular flexibility index (Phi) is 4.39. The molecule has 1 aromatic carbocycles. The highest BCUT2D eigenvalue weighted by Gasteiger charge is 2.18. The summed E-state index contributed by atoms with van der Waals surface area (Å²) >= 11 is 0. The zero-order valence-corrected chi connectivity index (χ0v) is 10.4. The molecule has 0 heterocycles. The maximum absolute atomic E-state index is 13.3. The monoisotopic (exact) mass is 275 g/mol. The smallest absolute Gasteiger partial charge is 0.387 e. The highest BCUT2D eigenvalue weighted by atomic mass is 19.3. The van der Waals surface area contributed by atoms with Crippen LogP contribution in [0.25, 0.3) is 0 Å². The number of rotatable bonds is 5. The van der Waals surface area contributed by atoms with Crippen LogP contribution < -0.4 is 15.2 Å².